The van der Waals surface area contributed by atoms with Crippen LogP contribution in [0.25, 0.3) is 0 Å². The quantitative estimate of drug-likeness (QED) is 0.864. The zero-order chi connectivity index (χ0) is 15.6. The van der Waals surface area contributed by atoms with Gasteiger partial charge in [-0.05, 0) is 12.5 Å². The van der Waals surface area contributed by atoms with Crippen LogP contribution in [0.5, 0.6) is 5.88 Å². The Kier molecular flexibility index (Phi) is 4.01. The minimum Gasteiger partial charge on any atom is -0.481 e. The molecule has 0 bridgehead atoms. The second kappa shape index (κ2) is 5.58. The normalized spacial score (nSPS) is 20.7. The van der Waals surface area contributed by atoms with Gasteiger partial charge in [-0.15, -0.1) is 0 Å². The van der Waals surface area contributed by atoms with Crippen molar-refractivity contribution in [3.63, 3.8) is 0 Å². The predicted molar refractivity (Wildman–Crippen MR) is 63.6 cm³/mol. The van der Waals surface area contributed by atoms with Crippen molar-refractivity contribution < 1.29 is 32.6 Å². The van der Waals surface area contributed by atoms with Crippen molar-refractivity contribution in [3.05, 3.63) is 18.3 Å². The Morgan fingerprint density at radius 1 is 1.38 bits per heavy atom. The van der Waals surface area contributed by atoms with Gasteiger partial charge < -0.3 is 15.2 Å². The fourth-order valence-electron chi connectivity index (χ4n) is 1.69. The van der Waals surface area contributed by atoms with E-state index in [-0.39, 0.29) is 18.0 Å². The van der Waals surface area contributed by atoms with E-state index in [0.717, 1.165) is 6.20 Å². The lowest BCUT2D eigenvalue weighted by Gasteiger charge is -2.09. The number of anilines is 1. The Balaban J connectivity index is 1.85. The summed E-state index contributed by atoms with van der Waals surface area (Å²) in [6, 6.07) is 2.51. The van der Waals surface area contributed by atoms with Crippen LogP contribution in [0.2, 0.25) is 0 Å². The zero-order valence-corrected chi connectivity index (χ0v) is 10.6. The summed E-state index contributed by atoms with van der Waals surface area (Å²) in [5.74, 6) is -2.95. The fourth-order valence-corrected chi connectivity index (χ4v) is 1.69. The molecule has 0 aliphatic heterocycles. The van der Waals surface area contributed by atoms with Gasteiger partial charge in [-0.1, -0.05) is 0 Å². The number of pyridine rings is 1. The van der Waals surface area contributed by atoms with Gasteiger partial charge in [-0.2, -0.15) is 13.2 Å². The third-order valence-corrected chi connectivity index (χ3v) is 2.83. The number of rotatable bonds is 5. The lowest BCUT2D eigenvalue weighted by Crippen LogP contribution is -2.20. The van der Waals surface area contributed by atoms with Crippen molar-refractivity contribution in [3.8, 4) is 5.88 Å². The Morgan fingerprint density at radius 3 is 2.57 bits per heavy atom. The first-order valence-corrected chi connectivity index (χ1v) is 5.95. The third-order valence-electron chi connectivity index (χ3n) is 2.83. The second-order valence-electron chi connectivity index (χ2n) is 4.57. The SMILES string of the molecule is O=C(O)C1CC1C(=O)Nc1ccc(OCC(F)(F)F)nc1. The predicted octanol–water partition coefficient (Wildman–Crippen LogP) is 1.68. The van der Waals surface area contributed by atoms with Crippen LogP contribution < -0.4 is 10.1 Å². The van der Waals surface area contributed by atoms with Gasteiger partial charge in [0, 0.05) is 6.07 Å². The van der Waals surface area contributed by atoms with E-state index >= 15 is 0 Å². The Labute approximate surface area is 116 Å². The monoisotopic (exact) mass is 304 g/mol. The van der Waals surface area contributed by atoms with Gasteiger partial charge in [0.25, 0.3) is 0 Å². The molecule has 9 heteroatoms. The number of hydrogen-bond acceptors (Lipinski definition) is 4. The summed E-state index contributed by atoms with van der Waals surface area (Å²) in [5, 5.41) is 11.1. The lowest BCUT2D eigenvalue weighted by molar-refractivity contribution is -0.154. The number of alkyl halides is 3. The number of aromatic nitrogens is 1. The lowest BCUT2D eigenvalue weighted by atomic mass is 10.3. The molecule has 0 radical (unpaired) electrons. The van der Waals surface area contributed by atoms with Crippen molar-refractivity contribution >= 4 is 17.6 Å². The van der Waals surface area contributed by atoms with E-state index in [1.165, 1.54) is 12.1 Å². The number of amides is 1. The van der Waals surface area contributed by atoms with Crippen molar-refractivity contribution in [1.29, 1.82) is 0 Å². The molecule has 1 amide bonds. The van der Waals surface area contributed by atoms with Crippen LogP contribution in [0.15, 0.2) is 18.3 Å². The number of nitrogens with zero attached hydrogens (tertiary/aromatic N) is 1. The van der Waals surface area contributed by atoms with E-state index in [4.69, 9.17) is 5.11 Å². The molecule has 2 N–H and O–H groups in total. The summed E-state index contributed by atoms with van der Waals surface area (Å²) >= 11 is 0. The van der Waals surface area contributed by atoms with Gasteiger partial charge in [0.2, 0.25) is 11.8 Å². The molecular formula is C12H11F3N2O4. The largest absolute Gasteiger partial charge is 0.481 e. The van der Waals surface area contributed by atoms with Gasteiger partial charge in [0.05, 0.1) is 23.7 Å². The summed E-state index contributed by atoms with van der Waals surface area (Å²) < 4.78 is 40.2. The molecule has 0 spiro atoms. The van der Waals surface area contributed by atoms with Crippen LogP contribution in [-0.4, -0.2) is 34.8 Å². The number of aliphatic carboxylic acids is 1. The van der Waals surface area contributed by atoms with E-state index in [1.807, 2.05) is 0 Å². The van der Waals surface area contributed by atoms with Gasteiger partial charge in [-0.3, -0.25) is 9.59 Å². The van der Waals surface area contributed by atoms with E-state index in [9.17, 15) is 22.8 Å². The van der Waals surface area contributed by atoms with E-state index in [2.05, 4.69) is 15.0 Å². The van der Waals surface area contributed by atoms with Gasteiger partial charge >= 0.3 is 12.1 Å². The molecule has 1 fully saturated rings. The minimum atomic E-state index is -4.45. The molecule has 1 saturated carbocycles. The number of halogens is 3. The van der Waals surface area contributed by atoms with Crippen LogP contribution in [0.4, 0.5) is 18.9 Å². The highest BCUT2D eigenvalue weighted by Gasteiger charge is 2.48. The molecule has 1 aromatic heterocycles. The first-order chi connectivity index (χ1) is 9.76. The molecule has 0 saturated heterocycles. The minimum absolute atomic E-state index is 0.222. The van der Waals surface area contributed by atoms with Gasteiger partial charge in [0.1, 0.15) is 0 Å². The first kappa shape index (κ1) is 15.1. The van der Waals surface area contributed by atoms with Crippen LogP contribution in [0.3, 0.4) is 0 Å². The topological polar surface area (TPSA) is 88.5 Å². The van der Waals surface area contributed by atoms with Crippen molar-refractivity contribution in [2.45, 2.75) is 12.6 Å². The highest BCUT2D eigenvalue weighted by Crippen LogP contribution is 2.39. The molecular weight excluding hydrogens is 293 g/mol. The third kappa shape index (κ3) is 4.33. The van der Waals surface area contributed by atoms with Crippen LogP contribution in [-0.2, 0) is 9.59 Å². The average molecular weight is 304 g/mol. The molecule has 2 unspecified atom stereocenters. The Morgan fingerprint density at radius 2 is 2.10 bits per heavy atom. The summed E-state index contributed by atoms with van der Waals surface area (Å²) in [7, 11) is 0. The number of carbonyl (C=O) groups excluding carboxylic acids is 1. The van der Waals surface area contributed by atoms with Crippen LogP contribution in [0.1, 0.15) is 6.42 Å². The Hall–Kier alpha value is -2.32. The van der Waals surface area contributed by atoms with Gasteiger partial charge in [0.15, 0.2) is 6.61 Å². The first-order valence-electron chi connectivity index (χ1n) is 5.95. The zero-order valence-electron chi connectivity index (χ0n) is 10.6. The molecule has 114 valence electrons. The van der Waals surface area contributed by atoms with Crippen LogP contribution in [0, 0.1) is 11.8 Å². The maximum Gasteiger partial charge on any atom is 0.422 e. The van der Waals surface area contributed by atoms with Gasteiger partial charge in [-0.25, -0.2) is 4.98 Å². The van der Waals surface area contributed by atoms with E-state index in [1.54, 1.807) is 0 Å². The van der Waals surface area contributed by atoms with Crippen molar-refractivity contribution in [1.82, 2.24) is 4.98 Å². The molecule has 0 aromatic carbocycles. The molecule has 2 rings (SSSR count). The molecule has 6 nitrogen and oxygen atoms in total. The molecule has 21 heavy (non-hydrogen) atoms. The van der Waals surface area contributed by atoms with E-state index < -0.39 is 36.5 Å². The molecule has 2 atom stereocenters. The van der Waals surface area contributed by atoms with Crippen LogP contribution >= 0.6 is 0 Å². The van der Waals surface area contributed by atoms with E-state index in [0.29, 0.717) is 0 Å². The molecule has 1 aliphatic rings. The molecule has 1 aliphatic carbocycles. The Bertz CT molecular complexity index is 544. The average Bonchev–Trinajstić information content (AvgIpc) is 3.17. The second-order valence-corrected chi connectivity index (χ2v) is 4.57. The standard InChI is InChI=1S/C12H11F3N2O4/c13-12(14,15)5-21-9-2-1-6(4-16-9)17-10(18)7-3-8(7)11(19)20/h1-2,4,7-8H,3,5H2,(H,17,18)(H,19,20). The highest BCUT2D eigenvalue weighted by molar-refractivity contribution is 5.98. The highest BCUT2D eigenvalue weighted by atomic mass is 19.4. The smallest absolute Gasteiger partial charge is 0.422 e. The number of ether oxygens (including phenoxy) is 1. The summed E-state index contributed by atoms with van der Waals surface area (Å²) in [6.07, 6.45) is -3.03. The van der Waals surface area contributed by atoms with Crippen molar-refractivity contribution in [2.75, 3.05) is 11.9 Å². The number of carbonyl (C=O) groups is 2. The number of carboxylic acids is 1. The number of hydrogen-bond donors (Lipinski definition) is 2. The molecule has 1 aromatic rings. The summed E-state index contributed by atoms with van der Waals surface area (Å²) in [5.41, 5.74) is 0.260. The summed E-state index contributed by atoms with van der Waals surface area (Å²) in [4.78, 5) is 25.9. The fraction of sp³-hybridized carbons (Fsp3) is 0.417. The number of carboxylic acid groups (broad SMARTS) is 1. The summed E-state index contributed by atoms with van der Waals surface area (Å²) in [6.45, 7) is -1.45. The molecule has 1 heterocycles. The number of nitrogens with one attached hydrogen (secondary N) is 1. The van der Waals surface area contributed by atoms with Crippen molar-refractivity contribution in [2.24, 2.45) is 11.8 Å². The maximum absolute atomic E-state index is 11.9. The maximum atomic E-state index is 11.9.